The highest BCUT2D eigenvalue weighted by atomic mass is 32.2. The second-order valence-electron chi connectivity index (χ2n) is 7.59. The Bertz CT molecular complexity index is 1060. The highest BCUT2D eigenvalue weighted by Crippen LogP contribution is 2.35. The van der Waals surface area contributed by atoms with Gasteiger partial charge in [0.1, 0.15) is 6.61 Å². The number of carbonyl (C=O) groups excluding carboxylic acids is 1. The average molecular weight is 451 g/mol. The zero-order valence-corrected chi connectivity index (χ0v) is 19.0. The lowest BCUT2D eigenvalue weighted by Gasteiger charge is -2.32. The minimum absolute atomic E-state index is 0.104. The number of aromatic nitrogens is 3. The van der Waals surface area contributed by atoms with Gasteiger partial charge < -0.3 is 19.9 Å². The van der Waals surface area contributed by atoms with E-state index >= 15 is 0 Å². The third kappa shape index (κ3) is 5.95. The molecule has 0 bridgehead atoms. The van der Waals surface area contributed by atoms with Gasteiger partial charge in [0.15, 0.2) is 0 Å². The lowest BCUT2D eigenvalue weighted by Crippen LogP contribution is -2.45. The molecule has 3 heterocycles. The molecule has 1 fully saturated rings. The Hall–Kier alpha value is -3.17. The van der Waals surface area contributed by atoms with E-state index in [2.05, 4.69) is 32.1 Å². The van der Waals surface area contributed by atoms with Crippen molar-refractivity contribution < 1.29 is 9.53 Å². The number of carbonyl (C=O) groups is 1. The van der Waals surface area contributed by atoms with Crippen molar-refractivity contribution in [1.29, 1.82) is 0 Å². The Morgan fingerprint density at radius 2 is 2.00 bits per heavy atom. The van der Waals surface area contributed by atoms with Gasteiger partial charge in [-0.3, -0.25) is 9.78 Å². The number of hydrogen-bond donors (Lipinski definition) is 1. The van der Waals surface area contributed by atoms with Crippen LogP contribution in [0.15, 0.2) is 64.8 Å². The maximum absolute atomic E-state index is 11.4. The fraction of sp³-hybridized carbons (Fsp3) is 0.304. The first-order valence-electron chi connectivity index (χ1n) is 10.4. The molecule has 2 aromatic heterocycles. The average Bonchev–Trinajstić information content (AvgIpc) is 2.79. The number of likely N-dealkylation sites (N-methyl/N-ethyl adjacent to an activating group) is 1. The molecular formula is C23H26N6O2S. The molecule has 1 aliphatic heterocycles. The molecule has 1 saturated heterocycles. The van der Waals surface area contributed by atoms with Crippen LogP contribution in [0.4, 0.5) is 11.6 Å². The molecule has 0 atom stereocenters. The van der Waals surface area contributed by atoms with E-state index in [0.717, 1.165) is 47.2 Å². The highest BCUT2D eigenvalue weighted by Gasteiger charge is 2.19. The van der Waals surface area contributed by atoms with Crippen molar-refractivity contribution in [3.05, 3.63) is 60.6 Å². The van der Waals surface area contributed by atoms with Crippen molar-refractivity contribution in [2.75, 3.05) is 43.4 Å². The summed E-state index contributed by atoms with van der Waals surface area (Å²) in [6, 6.07) is 11.5. The Kier molecular flexibility index (Phi) is 7.18. The summed E-state index contributed by atoms with van der Waals surface area (Å²) in [7, 11) is 2.12. The molecular weight excluding hydrogens is 424 g/mol. The summed E-state index contributed by atoms with van der Waals surface area (Å²) in [4.78, 5) is 31.2. The highest BCUT2D eigenvalue weighted by molar-refractivity contribution is 7.99. The molecule has 1 N–H and O–H groups in total. The number of ether oxygens (including phenoxy) is 1. The van der Waals surface area contributed by atoms with Crippen LogP contribution in [0.2, 0.25) is 0 Å². The van der Waals surface area contributed by atoms with Gasteiger partial charge in [-0.2, -0.15) is 4.98 Å². The molecule has 9 heteroatoms. The van der Waals surface area contributed by atoms with Gasteiger partial charge in [0.2, 0.25) is 17.7 Å². The van der Waals surface area contributed by atoms with Crippen LogP contribution in [-0.2, 0) is 11.4 Å². The molecule has 1 aromatic carbocycles. The number of benzene rings is 1. The minimum Gasteiger partial charge on any atom is -0.472 e. The second kappa shape index (κ2) is 10.4. The predicted octanol–water partition coefficient (Wildman–Crippen LogP) is 3.31. The summed E-state index contributed by atoms with van der Waals surface area (Å²) in [5.41, 5.74) is 1.71. The van der Waals surface area contributed by atoms with Crippen molar-refractivity contribution in [3.63, 3.8) is 0 Å². The Balaban J connectivity index is 1.57. The molecule has 0 radical (unpaired) electrons. The minimum atomic E-state index is -0.104. The number of amides is 1. The SMILES string of the molecule is CC(=O)Nc1cccc(Sc2cnc(N3CCN(C)CC3)nc2OCc2cccnc2)c1. The number of nitrogens with one attached hydrogen (secondary N) is 1. The Morgan fingerprint density at radius 3 is 2.75 bits per heavy atom. The van der Waals surface area contributed by atoms with Crippen molar-refractivity contribution in [2.24, 2.45) is 0 Å². The number of pyridine rings is 1. The zero-order chi connectivity index (χ0) is 22.3. The van der Waals surface area contributed by atoms with Gasteiger partial charge in [0.05, 0.1) is 11.1 Å². The molecule has 166 valence electrons. The van der Waals surface area contributed by atoms with E-state index < -0.39 is 0 Å². The van der Waals surface area contributed by atoms with E-state index in [9.17, 15) is 4.79 Å². The van der Waals surface area contributed by atoms with Gasteiger partial charge >= 0.3 is 0 Å². The molecule has 32 heavy (non-hydrogen) atoms. The smallest absolute Gasteiger partial charge is 0.232 e. The van der Waals surface area contributed by atoms with Gasteiger partial charge in [0, 0.05) is 61.6 Å². The van der Waals surface area contributed by atoms with Crippen molar-refractivity contribution in [2.45, 2.75) is 23.3 Å². The van der Waals surface area contributed by atoms with Crippen LogP contribution < -0.4 is 15.0 Å². The molecule has 0 unspecified atom stereocenters. The molecule has 1 amide bonds. The van der Waals surface area contributed by atoms with Gasteiger partial charge in [-0.05, 0) is 31.3 Å². The van der Waals surface area contributed by atoms with Crippen LogP contribution in [0, 0.1) is 0 Å². The molecule has 4 rings (SSSR count). The summed E-state index contributed by atoms with van der Waals surface area (Å²) in [5, 5.41) is 2.82. The van der Waals surface area contributed by atoms with Crippen molar-refractivity contribution in [3.8, 4) is 5.88 Å². The first-order valence-corrected chi connectivity index (χ1v) is 11.3. The quantitative estimate of drug-likeness (QED) is 0.587. The van der Waals surface area contributed by atoms with Gasteiger partial charge in [-0.25, -0.2) is 4.98 Å². The van der Waals surface area contributed by atoms with Crippen LogP contribution in [-0.4, -0.2) is 59.0 Å². The topological polar surface area (TPSA) is 83.5 Å². The first kappa shape index (κ1) is 22.0. The van der Waals surface area contributed by atoms with E-state index in [1.54, 1.807) is 12.4 Å². The van der Waals surface area contributed by atoms with E-state index in [1.165, 1.54) is 18.7 Å². The number of rotatable bonds is 7. The monoisotopic (exact) mass is 450 g/mol. The summed E-state index contributed by atoms with van der Waals surface area (Å²) in [6.07, 6.45) is 5.34. The lowest BCUT2D eigenvalue weighted by molar-refractivity contribution is -0.114. The van der Waals surface area contributed by atoms with Crippen LogP contribution in [0.3, 0.4) is 0 Å². The standard InChI is InChI=1S/C23H26N6O2S/c1-17(30)26-19-6-3-7-20(13-19)32-21-15-25-23(29-11-9-28(2)10-12-29)27-22(21)31-16-18-5-4-8-24-14-18/h3-8,13-15H,9-12,16H2,1-2H3,(H,26,30). The fourth-order valence-corrected chi connectivity index (χ4v) is 4.17. The summed E-state index contributed by atoms with van der Waals surface area (Å²) >= 11 is 1.50. The third-order valence-electron chi connectivity index (χ3n) is 4.98. The normalized spacial score (nSPS) is 14.2. The maximum Gasteiger partial charge on any atom is 0.232 e. The molecule has 0 spiro atoms. The van der Waals surface area contributed by atoms with E-state index in [1.807, 2.05) is 42.6 Å². The molecule has 3 aromatic rings. The molecule has 8 nitrogen and oxygen atoms in total. The predicted molar refractivity (Wildman–Crippen MR) is 125 cm³/mol. The van der Waals surface area contributed by atoms with Gasteiger partial charge in [-0.1, -0.05) is 23.9 Å². The fourth-order valence-electron chi connectivity index (χ4n) is 3.28. The summed E-state index contributed by atoms with van der Waals surface area (Å²) in [6.45, 7) is 5.57. The largest absolute Gasteiger partial charge is 0.472 e. The Labute approximate surface area is 192 Å². The lowest BCUT2D eigenvalue weighted by atomic mass is 10.3. The van der Waals surface area contributed by atoms with Crippen LogP contribution in [0.25, 0.3) is 0 Å². The maximum atomic E-state index is 11.4. The number of hydrogen-bond acceptors (Lipinski definition) is 8. The zero-order valence-electron chi connectivity index (χ0n) is 18.2. The molecule has 0 aliphatic carbocycles. The third-order valence-corrected chi connectivity index (χ3v) is 5.97. The summed E-state index contributed by atoms with van der Waals surface area (Å²) in [5.74, 6) is 1.11. The van der Waals surface area contributed by atoms with Crippen molar-refractivity contribution in [1.82, 2.24) is 19.9 Å². The number of piperazine rings is 1. The second-order valence-corrected chi connectivity index (χ2v) is 8.71. The Morgan fingerprint density at radius 1 is 1.16 bits per heavy atom. The first-order chi connectivity index (χ1) is 15.6. The summed E-state index contributed by atoms with van der Waals surface area (Å²) < 4.78 is 6.12. The van der Waals surface area contributed by atoms with Crippen molar-refractivity contribution >= 4 is 29.3 Å². The number of anilines is 2. The van der Waals surface area contributed by atoms with E-state index in [-0.39, 0.29) is 5.91 Å². The van der Waals surface area contributed by atoms with Gasteiger partial charge in [0.25, 0.3) is 0 Å². The van der Waals surface area contributed by atoms with Crippen LogP contribution >= 0.6 is 11.8 Å². The van der Waals surface area contributed by atoms with Crippen LogP contribution in [0.1, 0.15) is 12.5 Å². The van der Waals surface area contributed by atoms with Crippen LogP contribution in [0.5, 0.6) is 5.88 Å². The van der Waals surface area contributed by atoms with E-state index in [4.69, 9.17) is 9.72 Å². The number of nitrogens with zero attached hydrogens (tertiary/aromatic N) is 5. The van der Waals surface area contributed by atoms with E-state index in [0.29, 0.717) is 18.4 Å². The molecule has 0 saturated carbocycles. The van der Waals surface area contributed by atoms with Gasteiger partial charge in [-0.15, -0.1) is 0 Å². The molecule has 1 aliphatic rings.